The standard InChI is InChI=1S/C32H37N3O5S/c1-20-7-6-8-25(26-18-41-29(33-26)35-16-24-14-32(24,19-35)28(36)38-5)27(20)39-17-21-9-10-23-15-34(12-11-22(23)13-21)30(37)40-31(2,3)4/h6-10,13,18,24H,11-12,14-17,19H2,1-5H3/t24-,32-/m0/s1. The summed E-state index contributed by atoms with van der Waals surface area (Å²) in [6.07, 6.45) is 1.43. The van der Waals surface area contributed by atoms with Crippen LogP contribution in [0.5, 0.6) is 5.75 Å². The van der Waals surface area contributed by atoms with Gasteiger partial charge in [-0.1, -0.05) is 30.3 Å². The van der Waals surface area contributed by atoms with E-state index in [0.29, 0.717) is 32.2 Å². The number of benzene rings is 2. The number of nitrogens with zero attached hydrogens (tertiary/aromatic N) is 3. The SMILES string of the molecule is COC(=O)[C@]12C[C@H]1CN(c1nc(-c3cccc(C)c3OCc3ccc4c(c3)CCN(C(=O)OC(C)(C)C)C4)cs1)C2. The number of thiazole rings is 1. The van der Waals surface area contributed by atoms with E-state index in [-0.39, 0.29) is 17.5 Å². The topological polar surface area (TPSA) is 81.2 Å². The van der Waals surface area contributed by atoms with Gasteiger partial charge in [-0.3, -0.25) is 4.79 Å². The van der Waals surface area contributed by atoms with Crippen LogP contribution in [0.25, 0.3) is 11.3 Å². The normalized spacial score (nSPS) is 21.2. The lowest BCUT2D eigenvalue weighted by Crippen LogP contribution is -2.39. The second-order valence-corrected chi connectivity index (χ2v) is 13.3. The number of para-hydroxylation sites is 1. The average Bonchev–Trinajstić information content (AvgIpc) is 3.26. The van der Waals surface area contributed by atoms with Crippen molar-refractivity contribution in [3.8, 4) is 17.0 Å². The second-order valence-electron chi connectivity index (χ2n) is 12.4. The van der Waals surface area contributed by atoms with Crippen molar-refractivity contribution in [2.75, 3.05) is 31.6 Å². The molecule has 3 heterocycles. The van der Waals surface area contributed by atoms with E-state index in [1.54, 1.807) is 16.2 Å². The summed E-state index contributed by atoms with van der Waals surface area (Å²) in [4.78, 5) is 33.8. The van der Waals surface area contributed by atoms with Gasteiger partial charge in [-0.05, 0) is 74.8 Å². The van der Waals surface area contributed by atoms with E-state index in [0.717, 1.165) is 58.2 Å². The fourth-order valence-electron chi connectivity index (χ4n) is 6.06. The summed E-state index contributed by atoms with van der Waals surface area (Å²) in [5.41, 5.74) is 5.52. The lowest BCUT2D eigenvalue weighted by atomic mass is 9.97. The van der Waals surface area contributed by atoms with E-state index in [4.69, 9.17) is 19.2 Å². The Kier molecular flexibility index (Phi) is 6.96. The highest BCUT2D eigenvalue weighted by Crippen LogP contribution is 2.59. The van der Waals surface area contributed by atoms with Crippen LogP contribution < -0.4 is 9.64 Å². The molecule has 8 nitrogen and oxygen atoms in total. The summed E-state index contributed by atoms with van der Waals surface area (Å²) in [6, 6.07) is 12.5. The number of methoxy groups -OCH3 is 1. The van der Waals surface area contributed by atoms with Gasteiger partial charge in [0.2, 0.25) is 0 Å². The Morgan fingerprint density at radius 2 is 2.00 bits per heavy atom. The summed E-state index contributed by atoms with van der Waals surface area (Å²) in [6.45, 7) is 10.9. The van der Waals surface area contributed by atoms with Crippen molar-refractivity contribution in [2.24, 2.45) is 11.3 Å². The maximum Gasteiger partial charge on any atom is 0.410 e. The van der Waals surface area contributed by atoms with Crippen LogP contribution in [-0.2, 0) is 33.8 Å². The number of carbonyl (C=O) groups is 2. The Hall–Kier alpha value is -3.59. The van der Waals surface area contributed by atoms with Crippen molar-refractivity contribution >= 4 is 28.5 Å². The lowest BCUT2D eigenvalue weighted by molar-refractivity contribution is -0.146. The molecule has 3 aliphatic rings. The maximum absolute atomic E-state index is 12.5. The summed E-state index contributed by atoms with van der Waals surface area (Å²) < 4.78 is 17.1. The van der Waals surface area contributed by atoms with Crippen molar-refractivity contribution in [3.63, 3.8) is 0 Å². The third-order valence-electron chi connectivity index (χ3n) is 8.31. The van der Waals surface area contributed by atoms with Crippen LogP contribution in [0.4, 0.5) is 9.93 Å². The van der Waals surface area contributed by atoms with E-state index in [1.165, 1.54) is 12.7 Å². The molecule has 41 heavy (non-hydrogen) atoms. The van der Waals surface area contributed by atoms with Gasteiger partial charge in [0.25, 0.3) is 0 Å². The summed E-state index contributed by atoms with van der Waals surface area (Å²) in [5, 5.41) is 3.00. The van der Waals surface area contributed by atoms with Crippen molar-refractivity contribution < 1.29 is 23.8 Å². The molecule has 3 aromatic rings. The van der Waals surface area contributed by atoms with E-state index in [1.807, 2.05) is 26.8 Å². The summed E-state index contributed by atoms with van der Waals surface area (Å²) in [5.74, 6) is 1.09. The molecule has 0 radical (unpaired) electrons. The summed E-state index contributed by atoms with van der Waals surface area (Å²) in [7, 11) is 1.47. The highest BCUT2D eigenvalue weighted by atomic mass is 32.1. The first-order valence-electron chi connectivity index (χ1n) is 14.2. The number of esters is 1. The number of amides is 1. The van der Waals surface area contributed by atoms with Crippen LogP contribution in [0.15, 0.2) is 41.8 Å². The van der Waals surface area contributed by atoms with Gasteiger partial charge in [0.1, 0.15) is 18.0 Å². The van der Waals surface area contributed by atoms with Crippen LogP contribution in [0.1, 0.15) is 49.4 Å². The monoisotopic (exact) mass is 575 g/mol. The van der Waals surface area contributed by atoms with Gasteiger partial charge in [0.05, 0.1) is 18.2 Å². The molecule has 1 saturated heterocycles. The van der Waals surface area contributed by atoms with Crippen LogP contribution >= 0.6 is 11.3 Å². The first-order valence-corrected chi connectivity index (χ1v) is 15.0. The molecule has 2 fully saturated rings. The minimum Gasteiger partial charge on any atom is -0.488 e. The average molecular weight is 576 g/mol. The van der Waals surface area contributed by atoms with Crippen molar-refractivity contribution in [2.45, 2.75) is 59.3 Å². The molecule has 0 spiro atoms. The van der Waals surface area contributed by atoms with E-state index < -0.39 is 5.60 Å². The molecule has 2 aliphatic heterocycles. The number of aryl methyl sites for hydroxylation is 1. The number of hydrogen-bond donors (Lipinski definition) is 0. The fraction of sp³-hybridized carbons (Fsp3) is 0.469. The third-order valence-corrected chi connectivity index (χ3v) is 9.21. The van der Waals surface area contributed by atoms with Gasteiger partial charge in [0.15, 0.2) is 5.13 Å². The largest absolute Gasteiger partial charge is 0.488 e. The first-order chi connectivity index (χ1) is 19.6. The molecule has 216 valence electrons. The molecule has 0 N–H and O–H groups in total. The zero-order valence-corrected chi connectivity index (χ0v) is 25.2. The Balaban J connectivity index is 1.14. The van der Waals surface area contributed by atoms with E-state index >= 15 is 0 Å². The quantitative estimate of drug-likeness (QED) is 0.334. The number of piperidine rings is 1. The third kappa shape index (κ3) is 5.39. The van der Waals surface area contributed by atoms with Gasteiger partial charge in [-0.2, -0.15) is 0 Å². The van der Waals surface area contributed by atoms with Crippen molar-refractivity contribution in [1.29, 1.82) is 0 Å². The number of ether oxygens (including phenoxy) is 3. The van der Waals surface area contributed by atoms with Crippen LogP contribution in [0, 0.1) is 18.3 Å². The molecular weight excluding hydrogens is 538 g/mol. The molecular formula is C32H37N3O5S. The molecule has 1 amide bonds. The Morgan fingerprint density at radius 3 is 2.78 bits per heavy atom. The van der Waals surface area contributed by atoms with Crippen molar-refractivity contribution in [3.05, 3.63) is 64.0 Å². The Morgan fingerprint density at radius 1 is 1.17 bits per heavy atom. The predicted molar refractivity (Wildman–Crippen MR) is 158 cm³/mol. The highest BCUT2D eigenvalue weighted by Gasteiger charge is 2.66. The molecule has 1 aliphatic carbocycles. The van der Waals surface area contributed by atoms with Crippen LogP contribution in [0.2, 0.25) is 0 Å². The zero-order valence-electron chi connectivity index (χ0n) is 24.4. The molecule has 2 aromatic carbocycles. The Bertz CT molecular complexity index is 1490. The molecule has 1 saturated carbocycles. The molecule has 0 bridgehead atoms. The molecule has 0 unspecified atom stereocenters. The van der Waals surface area contributed by atoms with Crippen LogP contribution in [-0.4, -0.2) is 54.3 Å². The highest BCUT2D eigenvalue weighted by molar-refractivity contribution is 7.14. The fourth-order valence-corrected chi connectivity index (χ4v) is 6.90. The Labute approximate surface area is 245 Å². The van der Waals surface area contributed by atoms with Gasteiger partial charge in [-0.15, -0.1) is 11.3 Å². The maximum atomic E-state index is 12.5. The number of fused-ring (bicyclic) bond motifs is 2. The van der Waals surface area contributed by atoms with Gasteiger partial charge in [0, 0.05) is 37.1 Å². The van der Waals surface area contributed by atoms with E-state index in [2.05, 4.69) is 47.5 Å². The number of aromatic nitrogens is 1. The predicted octanol–water partition coefficient (Wildman–Crippen LogP) is 5.99. The number of anilines is 1. The molecule has 1 aromatic heterocycles. The smallest absolute Gasteiger partial charge is 0.410 e. The molecule has 6 rings (SSSR count). The van der Waals surface area contributed by atoms with Crippen molar-refractivity contribution in [1.82, 2.24) is 9.88 Å². The molecule has 2 atom stereocenters. The van der Waals surface area contributed by atoms with Gasteiger partial charge >= 0.3 is 12.1 Å². The van der Waals surface area contributed by atoms with Gasteiger partial charge < -0.3 is 24.0 Å². The first kappa shape index (κ1) is 27.6. The lowest BCUT2D eigenvalue weighted by Gasteiger charge is -2.31. The minimum absolute atomic E-state index is 0.0984. The zero-order chi connectivity index (χ0) is 28.9. The van der Waals surface area contributed by atoms with Crippen LogP contribution in [0.3, 0.4) is 0 Å². The van der Waals surface area contributed by atoms with Gasteiger partial charge in [-0.25, -0.2) is 9.78 Å². The van der Waals surface area contributed by atoms with E-state index in [9.17, 15) is 9.59 Å². The number of carbonyl (C=O) groups excluding carboxylic acids is 2. The molecule has 9 heteroatoms. The summed E-state index contributed by atoms with van der Waals surface area (Å²) >= 11 is 1.60. The second kappa shape index (κ2) is 10.4. The minimum atomic E-state index is -0.505. The number of rotatable bonds is 6. The number of hydrogen-bond acceptors (Lipinski definition) is 8.